The normalized spacial score (nSPS) is 19.5. The van der Waals surface area contributed by atoms with Gasteiger partial charge in [-0.15, -0.1) is 0 Å². The fraction of sp³-hybridized carbons (Fsp3) is 0.273. The summed E-state index contributed by atoms with van der Waals surface area (Å²) in [6, 6.07) is 7.27. The van der Waals surface area contributed by atoms with Gasteiger partial charge in [0.05, 0.1) is 0 Å². The Bertz CT molecular complexity index is 403. The van der Waals surface area contributed by atoms with Gasteiger partial charge < -0.3 is 10.6 Å². The number of carbonyl (C=O) groups excluding carboxylic acids is 1. The van der Waals surface area contributed by atoms with Gasteiger partial charge in [-0.25, -0.2) is 0 Å². The van der Waals surface area contributed by atoms with Gasteiger partial charge in [0, 0.05) is 5.69 Å². The topological polar surface area (TPSA) is 70.2 Å². The van der Waals surface area contributed by atoms with Crippen LogP contribution in [0.15, 0.2) is 24.3 Å². The minimum Gasteiger partial charge on any atom is -0.370 e. The number of rotatable bonds is 1. The molecule has 4 nitrogen and oxygen atoms in total. The lowest BCUT2D eigenvalue weighted by Crippen LogP contribution is -2.47. The molecule has 0 amide bonds. The van der Waals surface area contributed by atoms with E-state index in [2.05, 4.69) is 0 Å². The number of para-hydroxylation sites is 1. The maximum absolute atomic E-state index is 10.8. The molecule has 0 saturated heterocycles. The Hall–Kier alpha value is -1.84. The van der Waals surface area contributed by atoms with E-state index in [1.807, 2.05) is 30.6 Å². The average Bonchev–Trinajstić information content (AvgIpc) is 2.27. The maximum atomic E-state index is 10.8. The van der Waals surface area contributed by atoms with Crippen LogP contribution >= 0.6 is 0 Å². The molecule has 0 aliphatic carbocycles. The third-order valence-electron chi connectivity index (χ3n) is 2.65. The first-order valence-corrected chi connectivity index (χ1v) is 4.83. The number of aryl methyl sites for hydroxylation is 1. The van der Waals surface area contributed by atoms with Gasteiger partial charge in [-0.2, -0.15) is 0 Å². The van der Waals surface area contributed by atoms with Crippen LogP contribution in [0.25, 0.3) is 0 Å². The first-order valence-electron chi connectivity index (χ1n) is 4.83. The van der Waals surface area contributed by atoms with Crippen LogP contribution in [0.3, 0.4) is 0 Å². The minimum atomic E-state index is -0.419. The zero-order valence-corrected chi connectivity index (χ0v) is 8.23. The zero-order valence-electron chi connectivity index (χ0n) is 8.23. The van der Waals surface area contributed by atoms with Gasteiger partial charge in [-0.05, 0) is 24.5 Å². The lowest BCUT2D eigenvalue weighted by atomic mass is 9.97. The molecule has 1 aliphatic heterocycles. The van der Waals surface area contributed by atoms with Crippen LogP contribution in [0.2, 0.25) is 0 Å². The van der Waals surface area contributed by atoms with Gasteiger partial charge in [0.2, 0.25) is 6.29 Å². The van der Waals surface area contributed by atoms with E-state index in [-0.39, 0.29) is 5.96 Å². The number of hydrogen-bond acceptors (Lipinski definition) is 2. The number of anilines is 1. The molecule has 77 valence electrons. The monoisotopic (exact) mass is 202 g/mol. The van der Waals surface area contributed by atoms with Crippen LogP contribution in [0.5, 0.6) is 0 Å². The summed E-state index contributed by atoms with van der Waals surface area (Å²) in [6.45, 7) is 0. The SMILES string of the molecule is N=C(N)N1c2ccccc2CCC1[C]=O. The average molecular weight is 202 g/mol. The Morgan fingerprint density at radius 1 is 1.53 bits per heavy atom. The molecule has 2 rings (SSSR count). The lowest BCUT2D eigenvalue weighted by molar-refractivity contribution is 0.531. The summed E-state index contributed by atoms with van der Waals surface area (Å²) in [4.78, 5) is 12.3. The maximum Gasteiger partial charge on any atom is 0.223 e. The molecule has 0 fully saturated rings. The summed E-state index contributed by atoms with van der Waals surface area (Å²) in [5.41, 5.74) is 7.45. The van der Waals surface area contributed by atoms with Gasteiger partial charge in [-0.3, -0.25) is 10.2 Å². The largest absolute Gasteiger partial charge is 0.370 e. The molecule has 1 aliphatic rings. The highest BCUT2D eigenvalue weighted by molar-refractivity contribution is 5.97. The Balaban J connectivity index is 2.47. The quantitative estimate of drug-likeness (QED) is 0.523. The standard InChI is InChI=1S/C11H12N3O/c12-11(13)14-9(7-15)6-5-8-3-1-2-4-10(8)14/h1-4,9H,5-6H2,(H3,12,13). The Morgan fingerprint density at radius 3 is 2.93 bits per heavy atom. The summed E-state index contributed by atoms with van der Waals surface area (Å²) >= 11 is 0. The summed E-state index contributed by atoms with van der Waals surface area (Å²) in [7, 11) is 0. The molecule has 0 saturated carbocycles. The summed E-state index contributed by atoms with van der Waals surface area (Å²) in [5, 5.41) is 7.48. The van der Waals surface area contributed by atoms with E-state index in [4.69, 9.17) is 11.1 Å². The highest BCUT2D eigenvalue weighted by atomic mass is 16.1. The van der Waals surface area contributed by atoms with Crippen molar-refractivity contribution in [1.82, 2.24) is 0 Å². The molecule has 1 atom stereocenters. The van der Waals surface area contributed by atoms with Crippen molar-refractivity contribution in [2.45, 2.75) is 18.9 Å². The fourth-order valence-corrected chi connectivity index (χ4v) is 1.96. The van der Waals surface area contributed by atoms with E-state index in [0.717, 1.165) is 17.7 Å². The highest BCUT2D eigenvalue weighted by Crippen LogP contribution is 2.29. The van der Waals surface area contributed by atoms with Gasteiger partial charge >= 0.3 is 0 Å². The summed E-state index contributed by atoms with van der Waals surface area (Å²) < 4.78 is 0. The van der Waals surface area contributed by atoms with Gasteiger partial charge in [0.15, 0.2) is 5.96 Å². The van der Waals surface area contributed by atoms with Crippen LogP contribution in [0.4, 0.5) is 5.69 Å². The van der Waals surface area contributed by atoms with Crippen molar-refractivity contribution in [3.05, 3.63) is 29.8 Å². The van der Waals surface area contributed by atoms with E-state index in [9.17, 15) is 4.79 Å². The molecular formula is C11H12N3O. The van der Waals surface area contributed by atoms with Gasteiger partial charge in [0.25, 0.3) is 0 Å². The second kappa shape index (κ2) is 3.73. The molecule has 3 N–H and O–H groups in total. The highest BCUT2D eigenvalue weighted by Gasteiger charge is 2.27. The number of nitrogens with two attached hydrogens (primary N) is 1. The fourth-order valence-electron chi connectivity index (χ4n) is 1.96. The van der Waals surface area contributed by atoms with Crippen LogP contribution in [-0.2, 0) is 11.2 Å². The lowest BCUT2D eigenvalue weighted by Gasteiger charge is -2.33. The van der Waals surface area contributed by atoms with Crippen LogP contribution in [0, 0.1) is 5.41 Å². The van der Waals surface area contributed by atoms with Crippen molar-refractivity contribution in [3.63, 3.8) is 0 Å². The van der Waals surface area contributed by atoms with Crippen molar-refractivity contribution in [2.24, 2.45) is 5.73 Å². The van der Waals surface area contributed by atoms with Crippen LogP contribution < -0.4 is 10.6 Å². The zero-order chi connectivity index (χ0) is 10.8. The molecule has 4 heteroatoms. The smallest absolute Gasteiger partial charge is 0.223 e. The molecule has 0 aromatic heterocycles. The Morgan fingerprint density at radius 2 is 2.27 bits per heavy atom. The molecule has 1 aromatic rings. The number of benzene rings is 1. The molecule has 1 aromatic carbocycles. The second-order valence-electron chi connectivity index (χ2n) is 3.56. The van der Waals surface area contributed by atoms with E-state index in [1.54, 1.807) is 0 Å². The van der Waals surface area contributed by atoms with Crippen LogP contribution in [-0.4, -0.2) is 18.3 Å². The Labute approximate surface area is 88.2 Å². The van der Waals surface area contributed by atoms with Gasteiger partial charge in [-0.1, -0.05) is 18.2 Å². The van der Waals surface area contributed by atoms with E-state index in [0.29, 0.717) is 6.42 Å². The number of fused-ring (bicyclic) bond motifs is 1. The molecule has 1 unspecified atom stereocenters. The van der Waals surface area contributed by atoms with Crippen molar-refractivity contribution in [2.75, 3.05) is 4.90 Å². The summed E-state index contributed by atoms with van der Waals surface area (Å²) in [6.07, 6.45) is 3.43. The third-order valence-corrected chi connectivity index (χ3v) is 2.65. The molecule has 0 spiro atoms. The minimum absolute atomic E-state index is 0.101. The summed E-state index contributed by atoms with van der Waals surface area (Å²) in [5.74, 6) is -0.101. The molecule has 1 radical (unpaired) electrons. The van der Waals surface area contributed by atoms with Crippen molar-refractivity contribution < 1.29 is 4.79 Å². The molecule has 1 heterocycles. The molecule has 15 heavy (non-hydrogen) atoms. The number of hydrogen-bond donors (Lipinski definition) is 2. The van der Waals surface area contributed by atoms with Gasteiger partial charge in [0.1, 0.15) is 6.04 Å². The second-order valence-corrected chi connectivity index (χ2v) is 3.56. The van der Waals surface area contributed by atoms with Crippen molar-refractivity contribution in [1.29, 1.82) is 5.41 Å². The predicted molar refractivity (Wildman–Crippen MR) is 58.6 cm³/mol. The van der Waals surface area contributed by atoms with Crippen molar-refractivity contribution >= 4 is 17.9 Å². The van der Waals surface area contributed by atoms with Crippen LogP contribution in [0.1, 0.15) is 12.0 Å². The van der Waals surface area contributed by atoms with E-state index < -0.39 is 6.04 Å². The molecule has 0 bridgehead atoms. The Kier molecular flexibility index (Phi) is 2.41. The first-order chi connectivity index (χ1) is 7.24. The molecular weight excluding hydrogens is 190 g/mol. The van der Waals surface area contributed by atoms with E-state index >= 15 is 0 Å². The number of nitrogens with one attached hydrogen (secondary N) is 1. The van der Waals surface area contributed by atoms with E-state index in [1.165, 1.54) is 4.90 Å². The number of nitrogens with zero attached hydrogens (tertiary/aromatic N) is 1. The predicted octanol–water partition coefficient (Wildman–Crippen LogP) is 0.811. The van der Waals surface area contributed by atoms with Crippen molar-refractivity contribution in [3.8, 4) is 0 Å². The first kappa shape index (κ1) is 9.71. The number of guanidine groups is 1. The third kappa shape index (κ3) is 1.58.